The fraction of sp³-hybridized carbons (Fsp3) is 0.625. The van der Waals surface area contributed by atoms with Crippen LogP contribution < -0.4 is 0 Å². The lowest BCUT2D eigenvalue weighted by Crippen LogP contribution is -2.16. The molecule has 0 aromatic rings. The van der Waals surface area contributed by atoms with E-state index in [2.05, 4.69) is 0 Å². The molecule has 1 atom stereocenters. The molecule has 1 heterocycles. The number of rotatable bonds is 2. The zero-order valence-corrected chi connectivity index (χ0v) is 6.83. The molecule has 1 aliphatic rings. The minimum atomic E-state index is -0.526. The van der Waals surface area contributed by atoms with Crippen LogP contribution in [0.2, 0.25) is 0 Å². The van der Waals surface area contributed by atoms with Crippen molar-refractivity contribution in [3.8, 4) is 0 Å². The first-order valence-electron chi connectivity index (χ1n) is 3.84. The average Bonchev–Trinajstić information content (AvgIpc) is 2.51. The van der Waals surface area contributed by atoms with Crippen LogP contribution in [0.15, 0.2) is 5.76 Å². The van der Waals surface area contributed by atoms with Crippen molar-refractivity contribution in [2.24, 2.45) is 5.92 Å². The van der Waals surface area contributed by atoms with Crippen LogP contribution in [0.1, 0.15) is 13.3 Å². The highest BCUT2D eigenvalue weighted by molar-refractivity contribution is 5.78. The van der Waals surface area contributed by atoms with Crippen molar-refractivity contribution in [2.45, 2.75) is 13.3 Å². The van der Waals surface area contributed by atoms with E-state index in [-0.39, 0.29) is 5.76 Å². The van der Waals surface area contributed by atoms with Gasteiger partial charge in [0.25, 0.3) is 0 Å². The number of hydrogen-bond acceptors (Lipinski definition) is 4. The summed E-state index contributed by atoms with van der Waals surface area (Å²) < 4.78 is 9.61. The Morgan fingerprint density at radius 1 is 1.83 bits per heavy atom. The maximum Gasteiger partial charge on any atom is 0.317 e. The number of carbonyl (C=O) groups is 1. The van der Waals surface area contributed by atoms with Gasteiger partial charge in [-0.2, -0.15) is 0 Å². The van der Waals surface area contributed by atoms with Gasteiger partial charge >= 0.3 is 5.97 Å². The minimum absolute atomic E-state index is 0.0773. The summed E-state index contributed by atoms with van der Waals surface area (Å²) in [7, 11) is 0. The summed E-state index contributed by atoms with van der Waals surface area (Å²) in [5.41, 5.74) is 0. The van der Waals surface area contributed by atoms with Crippen LogP contribution in [0.4, 0.5) is 0 Å². The van der Waals surface area contributed by atoms with Crippen molar-refractivity contribution in [1.29, 1.82) is 0 Å². The normalized spacial score (nSPS) is 21.4. The Balaban J connectivity index is 2.62. The molecule has 0 radical (unpaired) electrons. The van der Waals surface area contributed by atoms with Gasteiger partial charge in [-0.1, -0.05) is 0 Å². The molecular weight excluding hydrogens is 160 g/mol. The third kappa shape index (κ3) is 1.66. The van der Waals surface area contributed by atoms with Gasteiger partial charge in [0, 0.05) is 6.42 Å². The molecule has 0 aromatic heterocycles. The Hall–Kier alpha value is -1.28. The second kappa shape index (κ2) is 3.93. The zero-order valence-electron chi connectivity index (χ0n) is 6.83. The van der Waals surface area contributed by atoms with E-state index >= 15 is 0 Å². The average molecular weight is 170 g/mol. The Kier molecular flexibility index (Phi) is 2.88. The standard InChI is InChI=1S/C8H10O4/c1-2-11-8(10)6-3-4-12-7(6)5-9/h6H,2-4H2,1H3. The second-order valence-corrected chi connectivity index (χ2v) is 2.41. The zero-order chi connectivity index (χ0) is 8.97. The third-order valence-corrected chi connectivity index (χ3v) is 1.65. The van der Waals surface area contributed by atoms with Gasteiger partial charge in [0.2, 0.25) is 0 Å². The minimum Gasteiger partial charge on any atom is -0.486 e. The number of ether oxygens (including phenoxy) is 2. The Bertz CT molecular complexity index is 227. The summed E-state index contributed by atoms with van der Waals surface area (Å²) in [5, 5.41) is 0. The molecule has 1 aliphatic heterocycles. The third-order valence-electron chi connectivity index (χ3n) is 1.65. The SMILES string of the molecule is CCOC(=O)C1CCOC1=C=O. The van der Waals surface area contributed by atoms with Gasteiger partial charge in [0.15, 0.2) is 11.7 Å². The molecule has 1 rings (SSSR count). The topological polar surface area (TPSA) is 52.6 Å². The van der Waals surface area contributed by atoms with E-state index in [0.29, 0.717) is 19.6 Å². The Labute approximate surface area is 70.1 Å². The predicted octanol–water partition coefficient (Wildman–Crippen LogP) is 0.301. The molecule has 66 valence electrons. The van der Waals surface area contributed by atoms with Gasteiger partial charge in [-0.15, -0.1) is 0 Å². The van der Waals surface area contributed by atoms with Crippen LogP contribution >= 0.6 is 0 Å². The van der Waals surface area contributed by atoms with Crippen LogP contribution in [-0.2, 0) is 19.1 Å². The lowest BCUT2D eigenvalue weighted by atomic mass is 10.1. The predicted molar refractivity (Wildman–Crippen MR) is 39.9 cm³/mol. The van der Waals surface area contributed by atoms with Gasteiger partial charge < -0.3 is 9.47 Å². The first kappa shape index (κ1) is 8.81. The number of carbonyl (C=O) groups excluding carboxylic acids is 2. The van der Waals surface area contributed by atoms with Gasteiger partial charge in [-0.05, 0) is 6.92 Å². The van der Waals surface area contributed by atoms with Crippen LogP contribution in [-0.4, -0.2) is 25.1 Å². The second-order valence-electron chi connectivity index (χ2n) is 2.41. The molecule has 0 amide bonds. The van der Waals surface area contributed by atoms with Crippen LogP contribution in [0.25, 0.3) is 0 Å². The van der Waals surface area contributed by atoms with E-state index in [1.807, 2.05) is 0 Å². The molecule has 0 bridgehead atoms. The maximum absolute atomic E-state index is 11.1. The molecular formula is C8H10O4. The molecule has 0 saturated carbocycles. The highest BCUT2D eigenvalue weighted by Crippen LogP contribution is 2.23. The molecule has 1 saturated heterocycles. The number of esters is 1. The Morgan fingerprint density at radius 2 is 2.58 bits per heavy atom. The highest BCUT2D eigenvalue weighted by Gasteiger charge is 2.31. The molecule has 4 nitrogen and oxygen atoms in total. The van der Waals surface area contributed by atoms with Crippen molar-refractivity contribution in [2.75, 3.05) is 13.2 Å². The van der Waals surface area contributed by atoms with Gasteiger partial charge in [0.1, 0.15) is 5.92 Å². The molecule has 0 spiro atoms. The smallest absolute Gasteiger partial charge is 0.317 e. The van der Waals surface area contributed by atoms with Crippen molar-refractivity contribution in [3.63, 3.8) is 0 Å². The summed E-state index contributed by atoms with van der Waals surface area (Å²) in [6.45, 7) is 2.44. The van der Waals surface area contributed by atoms with Crippen LogP contribution in [0.5, 0.6) is 0 Å². The first-order chi connectivity index (χ1) is 5.79. The summed E-state index contributed by atoms with van der Waals surface area (Å²) in [4.78, 5) is 21.3. The van der Waals surface area contributed by atoms with E-state index in [1.54, 1.807) is 12.9 Å². The van der Waals surface area contributed by atoms with Crippen molar-refractivity contribution >= 4 is 11.9 Å². The van der Waals surface area contributed by atoms with Gasteiger partial charge in [-0.25, -0.2) is 4.79 Å². The summed E-state index contributed by atoms with van der Waals surface area (Å²) in [6, 6.07) is 0. The van der Waals surface area contributed by atoms with Gasteiger partial charge in [0.05, 0.1) is 13.2 Å². The molecule has 0 aromatic carbocycles. The molecule has 1 fully saturated rings. The van der Waals surface area contributed by atoms with Crippen molar-refractivity contribution < 1.29 is 19.1 Å². The molecule has 12 heavy (non-hydrogen) atoms. The first-order valence-corrected chi connectivity index (χ1v) is 3.84. The van der Waals surface area contributed by atoms with Gasteiger partial charge in [-0.3, -0.25) is 4.79 Å². The van der Waals surface area contributed by atoms with E-state index in [4.69, 9.17) is 9.47 Å². The van der Waals surface area contributed by atoms with E-state index in [1.165, 1.54) is 0 Å². The van der Waals surface area contributed by atoms with Crippen molar-refractivity contribution in [1.82, 2.24) is 0 Å². The van der Waals surface area contributed by atoms with E-state index < -0.39 is 11.9 Å². The molecule has 4 heteroatoms. The Morgan fingerprint density at radius 3 is 3.17 bits per heavy atom. The lowest BCUT2D eigenvalue weighted by molar-refractivity contribution is -0.146. The maximum atomic E-state index is 11.1. The number of hydrogen-bond donors (Lipinski definition) is 0. The lowest BCUT2D eigenvalue weighted by Gasteiger charge is -2.05. The van der Waals surface area contributed by atoms with Crippen LogP contribution in [0.3, 0.4) is 0 Å². The molecule has 0 N–H and O–H groups in total. The monoisotopic (exact) mass is 170 g/mol. The van der Waals surface area contributed by atoms with Crippen molar-refractivity contribution in [3.05, 3.63) is 5.76 Å². The highest BCUT2D eigenvalue weighted by atomic mass is 16.5. The summed E-state index contributed by atoms with van der Waals surface area (Å²) in [5.74, 6) is 0.754. The largest absolute Gasteiger partial charge is 0.486 e. The summed E-state index contributed by atoms with van der Waals surface area (Å²) in [6.07, 6.45) is 0.517. The van der Waals surface area contributed by atoms with E-state index in [0.717, 1.165) is 0 Å². The fourth-order valence-corrected chi connectivity index (χ4v) is 1.09. The summed E-state index contributed by atoms with van der Waals surface area (Å²) >= 11 is 0. The van der Waals surface area contributed by atoms with E-state index in [9.17, 15) is 9.59 Å². The molecule has 0 aliphatic carbocycles. The fourth-order valence-electron chi connectivity index (χ4n) is 1.09. The quantitative estimate of drug-likeness (QED) is 0.442. The molecule has 1 unspecified atom stereocenters. The van der Waals surface area contributed by atoms with Crippen LogP contribution in [0, 0.1) is 5.92 Å².